The first-order chi connectivity index (χ1) is 11.2. The maximum absolute atomic E-state index is 12.0. The Kier molecular flexibility index (Phi) is 4.28. The second kappa shape index (κ2) is 6.69. The Morgan fingerprint density at radius 3 is 2.65 bits per heavy atom. The molecule has 0 aliphatic heterocycles. The first-order valence-electron chi connectivity index (χ1n) is 7.07. The third-order valence-electron chi connectivity index (χ3n) is 3.21. The van der Waals surface area contributed by atoms with Gasteiger partial charge in [0, 0.05) is 12.3 Å². The number of nitrogens with one attached hydrogen (secondary N) is 2. The molecule has 0 fully saturated rings. The van der Waals surface area contributed by atoms with Gasteiger partial charge in [-0.05, 0) is 18.6 Å². The van der Waals surface area contributed by atoms with E-state index in [0.717, 1.165) is 5.56 Å². The zero-order chi connectivity index (χ0) is 16.1. The second-order valence-electron chi connectivity index (χ2n) is 4.84. The van der Waals surface area contributed by atoms with E-state index >= 15 is 0 Å². The largest absolute Gasteiger partial charge is 0.470 e. The Hall–Kier alpha value is -3.22. The van der Waals surface area contributed by atoms with E-state index in [1.54, 1.807) is 12.1 Å². The van der Waals surface area contributed by atoms with Crippen LogP contribution in [0.3, 0.4) is 0 Å². The molecule has 23 heavy (non-hydrogen) atoms. The standard InChI is InChI=1S/C16H15N5O2/c1-11(12-5-3-2-4-6-12)23-14-8-7-13(9-17-14)15(22)20-16-18-10-19-21-16/h2-11H,1H3,(H2,18,19,20,21,22)/t11-/m1/s1. The van der Waals surface area contributed by atoms with Gasteiger partial charge in [-0.25, -0.2) is 10.1 Å². The third-order valence-corrected chi connectivity index (χ3v) is 3.21. The third kappa shape index (κ3) is 3.70. The second-order valence-corrected chi connectivity index (χ2v) is 4.84. The molecule has 0 radical (unpaired) electrons. The lowest BCUT2D eigenvalue weighted by Crippen LogP contribution is -2.13. The van der Waals surface area contributed by atoms with Crippen molar-refractivity contribution in [3.05, 3.63) is 66.1 Å². The highest BCUT2D eigenvalue weighted by Crippen LogP contribution is 2.19. The summed E-state index contributed by atoms with van der Waals surface area (Å²) in [5.74, 6) is 0.419. The number of amides is 1. The van der Waals surface area contributed by atoms with E-state index in [0.29, 0.717) is 11.4 Å². The number of ether oxygens (including phenoxy) is 1. The number of aromatic nitrogens is 4. The van der Waals surface area contributed by atoms with Gasteiger partial charge in [0.15, 0.2) is 0 Å². The van der Waals surface area contributed by atoms with Crippen LogP contribution in [0.25, 0.3) is 0 Å². The number of hydrogen-bond donors (Lipinski definition) is 2. The lowest BCUT2D eigenvalue weighted by atomic mass is 10.1. The maximum atomic E-state index is 12.0. The van der Waals surface area contributed by atoms with Gasteiger partial charge in [0.05, 0.1) is 5.56 Å². The topological polar surface area (TPSA) is 92.8 Å². The Bertz CT molecular complexity index is 757. The van der Waals surface area contributed by atoms with Crippen LogP contribution in [0.4, 0.5) is 5.95 Å². The maximum Gasteiger partial charge on any atom is 0.259 e. The van der Waals surface area contributed by atoms with Gasteiger partial charge in [0.25, 0.3) is 5.91 Å². The number of pyridine rings is 1. The molecule has 3 aromatic rings. The summed E-state index contributed by atoms with van der Waals surface area (Å²) in [4.78, 5) is 20.0. The van der Waals surface area contributed by atoms with Crippen molar-refractivity contribution in [3.8, 4) is 5.88 Å². The van der Waals surface area contributed by atoms with Crippen LogP contribution >= 0.6 is 0 Å². The first-order valence-corrected chi connectivity index (χ1v) is 7.07. The predicted octanol–water partition coefficient (Wildman–Crippen LogP) is 2.59. The molecule has 0 saturated carbocycles. The van der Waals surface area contributed by atoms with Crippen LogP contribution in [0, 0.1) is 0 Å². The van der Waals surface area contributed by atoms with Crippen molar-refractivity contribution in [2.45, 2.75) is 13.0 Å². The zero-order valence-electron chi connectivity index (χ0n) is 12.4. The number of nitrogens with zero attached hydrogens (tertiary/aromatic N) is 3. The van der Waals surface area contributed by atoms with Gasteiger partial charge < -0.3 is 4.74 Å². The fourth-order valence-corrected chi connectivity index (χ4v) is 2.00. The van der Waals surface area contributed by atoms with E-state index in [4.69, 9.17) is 4.74 Å². The quantitative estimate of drug-likeness (QED) is 0.755. The number of carbonyl (C=O) groups is 1. The summed E-state index contributed by atoms with van der Waals surface area (Å²) in [7, 11) is 0. The lowest BCUT2D eigenvalue weighted by molar-refractivity contribution is 0.102. The molecule has 7 heteroatoms. The van der Waals surface area contributed by atoms with Gasteiger partial charge in [-0.15, -0.1) is 0 Å². The molecule has 0 aliphatic carbocycles. The monoisotopic (exact) mass is 309 g/mol. The van der Waals surface area contributed by atoms with Gasteiger partial charge in [-0.2, -0.15) is 10.1 Å². The summed E-state index contributed by atoms with van der Waals surface area (Å²) in [5.41, 5.74) is 1.46. The van der Waals surface area contributed by atoms with Crippen molar-refractivity contribution >= 4 is 11.9 Å². The predicted molar refractivity (Wildman–Crippen MR) is 84.1 cm³/mol. The first kappa shape index (κ1) is 14.7. The minimum atomic E-state index is -0.322. The summed E-state index contributed by atoms with van der Waals surface area (Å²) in [6.07, 6.45) is 2.65. The van der Waals surface area contributed by atoms with Crippen LogP contribution in [0.1, 0.15) is 28.9 Å². The van der Waals surface area contributed by atoms with Crippen LogP contribution in [-0.2, 0) is 0 Å². The molecule has 0 unspecified atom stereocenters. The van der Waals surface area contributed by atoms with Crippen molar-refractivity contribution in [1.29, 1.82) is 0 Å². The molecule has 0 spiro atoms. The zero-order valence-corrected chi connectivity index (χ0v) is 12.4. The van der Waals surface area contributed by atoms with Gasteiger partial charge in [-0.3, -0.25) is 10.1 Å². The number of anilines is 1. The normalized spacial score (nSPS) is 11.7. The van der Waals surface area contributed by atoms with Gasteiger partial charge in [0.1, 0.15) is 12.4 Å². The number of benzene rings is 1. The minimum Gasteiger partial charge on any atom is -0.470 e. The highest BCUT2D eigenvalue weighted by Gasteiger charge is 2.11. The number of aromatic amines is 1. The summed E-state index contributed by atoms with van der Waals surface area (Å²) in [6.45, 7) is 1.95. The molecular weight excluding hydrogens is 294 g/mol. The fourth-order valence-electron chi connectivity index (χ4n) is 2.00. The lowest BCUT2D eigenvalue weighted by Gasteiger charge is -2.14. The van der Waals surface area contributed by atoms with E-state index in [1.165, 1.54) is 12.5 Å². The summed E-state index contributed by atoms with van der Waals surface area (Å²) < 4.78 is 5.77. The molecule has 0 saturated heterocycles. The summed E-state index contributed by atoms with van der Waals surface area (Å²) in [5, 5.41) is 8.79. The summed E-state index contributed by atoms with van der Waals surface area (Å²) >= 11 is 0. The number of H-pyrrole nitrogens is 1. The molecule has 116 valence electrons. The van der Waals surface area contributed by atoms with E-state index in [9.17, 15) is 4.79 Å². The van der Waals surface area contributed by atoms with Crippen LogP contribution in [0.5, 0.6) is 5.88 Å². The molecular formula is C16H15N5O2. The Labute approximate surface area is 132 Å². The van der Waals surface area contributed by atoms with E-state index in [1.807, 2.05) is 37.3 Å². The van der Waals surface area contributed by atoms with Crippen molar-refractivity contribution in [3.63, 3.8) is 0 Å². The Balaban J connectivity index is 1.64. The van der Waals surface area contributed by atoms with Gasteiger partial charge in [-0.1, -0.05) is 30.3 Å². The fraction of sp³-hybridized carbons (Fsp3) is 0.125. The van der Waals surface area contributed by atoms with E-state index in [-0.39, 0.29) is 18.0 Å². The minimum absolute atomic E-state index is 0.127. The smallest absolute Gasteiger partial charge is 0.259 e. The molecule has 0 bridgehead atoms. The van der Waals surface area contributed by atoms with Crippen LogP contribution < -0.4 is 10.1 Å². The van der Waals surface area contributed by atoms with Crippen molar-refractivity contribution in [2.24, 2.45) is 0 Å². The van der Waals surface area contributed by atoms with E-state index in [2.05, 4.69) is 25.5 Å². The number of carbonyl (C=O) groups excluding carboxylic acids is 1. The van der Waals surface area contributed by atoms with Crippen molar-refractivity contribution < 1.29 is 9.53 Å². The molecule has 1 amide bonds. The van der Waals surface area contributed by atoms with Crippen LogP contribution in [0.15, 0.2) is 55.0 Å². The van der Waals surface area contributed by atoms with E-state index < -0.39 is 0 Å². The number of rotatable bonds is 5. The Morgan fingerprint density at radius 2 is 2.00 bits per heavy atom. The van der Waals surface area contributed by atoms with Crippen molar-refractivity contribution in [1.82, 2.24) is 20.2 Å². The highest BCUT2D eigenvalue weighted by atomic mass is 16.5. The van der Waals surface area contributed by atoms with Gasteiger partial charge >= 0.3 is 0 Å². The van der Waals surface area contributed by atoms with Gasteiger partial charge in [0.2, 0.25) is 11.8 Å². The Morgan fingerprint density at radius 1 is 1.17 bits per heavy atom. The molecule has 7 nitrogen and oxygen atoms in total. The molecule has 0 aliphatic rings. The van der Waals surface area contributed by atoms with Crippen LogP contribution in [-0.4, -0.2) is 26.1 Å². The molecule has 2 N–H and O–H groups in total. The van der Waals surface area contributed by atoms with Crippen LogP contribution in [0.2, 0.25) is 0 Å². The molecule has 2 heterocycles. The molecule has 3 rings (SSSR count). The summed E-state index contributed by atoms with van der Waals surface area (Å²) in [6, 6.07) is 13.2. The molecule has 1 aromatic carbocycles. The molecule has 1 atom stereocenters. The molecule has 2 aromatic heterocycles. The van der Waals surface area contributed by atoms with Crippen molar-refractivity contribution in [2.75, 3.05) is 5.32 Å². The highest BCUT2D eigenvalue weighted by molar-refractivity contribution is 6.03. The average Bonchev–Trinajstić information content (AvgIpc) is 3.09. The SMILES string of the molecule is C[C@@H](Oc1ccc(C(=O)Nc2ncn[nH]2)cn1)c1ccccc1. The average molecular weight is 309 g/mol. The number of hydrogen-bond acceptors (Lipinski definition) is 5.